The number of carbonyl (C=O) groups is 3. The Morgan fingerprint density at radius 1 is 0.426 bits per heavy atom. The van der Waals surface area contributed by atoms with Crippen molar-refractivity contribution < 1.29 is 42.9 Å². The topological polar surface area (TPSA) is 111 Å². The summed E-state index contributed by atoms with van der Waals surface area (Å²) in [6.07, 6.45) is 44.9. The van der Waals surface area contributed by atoms with Crippen molar-refractivity contribution >= 4 is 17.9 Å². The van der Waals surface area contributed by atoms with E-state index in [0.29, 0.717) is 17.4 Å². The monoisotopic (exact) mass is 868 g/mol. The van der Waals surface area contributed by atoms with Gasteiger partial charge in [0.05, 0.1) is 40.3 Å². The third-order valence-electron chi connectivity index (χ3n) is 11.9. The zero-order valence-electron chi connectivity index (χ0n) is 41.1. The fourth-order valence-electron chi connectivity index (χ4n) is 7.77. The zero-order valence-corrected chi connectivity index (χ0v) is 41.1. The third-order valence-corrected chi connectivity index (χ3v) is 11.9. The van der Waals surface area contributed by atoms with Gasteiger partial charge in [-0.2, -0.15) is 0 Å². The number of likely N-dealkylation sites (N-methyl/N-ethyl adjacent to an activating group) is 1. The van der Waals surface area contributed by atoms with Crippen molar-refractivity contribution in [2.24, 2.45) is 0 Å². The van der Waals surface area contributed by atoms with Gasteiger partial charge < -0.3 is 33.3 Å². The minimum absolute atomic E-state index is 0.152. The molecule has 0 aliphatic heterocycles. The van der Waals surface area contributed by atoms with E-state index in [0.717, 1.165) is 44.9 Å². The Morgan fingerprint density at radius 2 is 0.738 bits per heavy atom. The second kappa shape index (κ2) is 44.9. The van der Waals surface area contributed by atoms with Gasteiger partial charge in [-0.25, -0.2) is 0 Å². The van der Waals surface area contributed by atoms with Gasteiger partial charge in [-0.15, -0.1) is 0 Å². The molecule has 0 radical (unpaired) electrons. The Kier molecular flexibility index (Phi) is 43.6. The summed E-state index contributed by atoms with van der Waals surface area (Å²) in [4.78, 5) is 36.8. The standard InChI is InChI=1S/C52H101NO8/c1-6-8-10-12-14-15-16-17-18-19-20-21-22-23-24-25-26-27-28-29-30-31-32-33-34-35-36-37-39-41-43-50(55)61-48(46-59-49(54)42-40-38-13-11-9-7-2)47-60-52(51(56)57)58-45-44-53(3,4)5/h48,52H,6-47H2,1-5H3. The highest BCUT2D eigenvalue weighted by atomic mass is 16.7. The molecule has 0 saturated carbocycles. The van der Waals surface area contributed by atoms with Crippen molar-refractivity contribution in [2.45, 2.75) is 270 Å². The van der Waals surface area contributed by atoms with Gasteiger partial charge in [0.25, 0.3) is 0 Å². The minimum atomic E-state index is -1.61. The van der Waals surface area contributed by atoms with Gasteiger partial charge in [0, 0.05) is 12.8 Å². The van der Waals surface area contributed by atoms with Crippen LogP contribution in [0.5, 0.6) is 0 Å². The first kappa shape index (κ1) is 59.3. The molecule has 0 N–H and O–H groups in total. The molecule has 9 nitrogen and oxygen atoms in total. The number of nitrogens with zero attached hydrogens (tertiary/aromatic N) is 1. The summed E-state index contributed by atoms with van der Waals surface area (Å²) >= 11 is 0. The van der Waals surface area contributed by atoms with Gasteiger partial charge in [-0.05, 0) is 12.8 Å². The van der Waals surface area contributed by atoms with Crippen LogP contribution in [-0.2, 0) is 33.3 Å². The summed E-state index contributed by atoms with van der Waals surface area (Å²) < 4.78 is 22.5. The van der Waals surface area contributed by atoms with Crippen LogP contribution in [0.3, 0.4) is 0 Å². The molecule has 0 aliphatic rings. The second-order valence-electron chi connectivity index (χ2n) is 19.2. The average Bonchev–Trinajstić information content (AvgIpc) is 3.22. The van der Waals surface area contributed by atoms with E-state index in [2.05, 4.69) is 13.8 Å². The van der Waals surface area contributed by atoms with Gasteiger partial charge in [0.2, 0.25) is 0 Å². The van der Waals surface area contributed by atoms with Crippen LogP contribution in [0.15, 0.2) is 0 Å². The lowest BCUT2D eigenvalue weighted by Gasteiger charge is -2.26. The highest BCUT2D eigenvalue weighted by Gasteiger charge is 2.22. The Bertz CT molecular complexity index is 970. The molecule has 0 aliphatic carbocycles. The number of carboxylic acids is 1. The van der Waals surface area contributed by atoms with Crippen molar-refractivity contribution in [3.05, 3.63) is 0 Å². The molecule has 61 heavy (non-hydrogen) atoms. The molecule has 9 heteroatoms. The lowest BCUT2D eigenvalue weighted by atomic mass is 10.0. The molecule has 0 heterocycles. The third kappa shape index (κ3) is 46.1. The number of ether oxygens (including phenoxy) is 4. The normalized spacial score (nSPS) is 12.7. The SMILES string of the molecule is CCCCCCCCCCCCCCCCCCCCCCCCCCCCCCCCC(=O)OC(COC(=O)CCCCCCCC)COC(OCC[N+](C)(C)C)C(=O)[O-]. The number of rotatable bonds is 49. The van der Waals surface area contributed by atoms with Gasteiger partial charge in [0.1, 0.15) is 13.2 Å². The molecule has 0 fully saturated rings. The van der Waals surface area contributed by atoms with Crippen LogP contribution in [0.4, 0.5) is 0 Å². The molecule has 0 saturated heterocycles. The Labute approximate surface area is 377 Å². The van der Waals surface area contributed by atoms with E-state index in [9.17, 15) is 19.5 Å². The maximum atomic E-state index is 12.7. The van der Waals surface area contributed by atoms with Crippen LogP contribution in [0.1, 0.15) is 258 Å². The van der Waals surface area contributed by atoms with Gasteiger partial charge >= 0.3 is 11.9 Å². The second-order valence-corrected chi connectivity index (χ2v) is 19.2. The number of carbonyl (C=O) groups excluding carboxylic acids is 3. The van der Waals surface area contributed by atoms with E-state index in [1.54, 1.807) is 0 Å². The number of quaternary nitrogens is 1. The summed E-state index contributed by atoms with van der Waals surface area (Å²) in [7, 11) is 5.91. The van der Waals surface area contributed by atoms with E-state index in [1.165, 1.54) is 186 Å². The van der Waals surface area contributed by atoms with Gasteiger partial charge in [0.15, 0.2) is 12.4 Å². The van der Waals surface area contributed by atoms with E-state index in [-0.39, 0.29) is 32.2 Å². The van der Waals surface area contributed by atoms with Crippen molar-refractivity contribution in [2.75, 3.05) is 47.5 Å². The Balaban J connectivity index is 3.93. The molecule has 0 aromatic rings. The number of carboxylic acid groups (broad SMARTS) is 1. The predicted molar refractivity (Wildman–Crippen MR) is 251 cm³/mol. The molecule has 2 unspecified atom stereocenters. The van der Waals surface area contributed by atoms with Gasteiger partial charge in [-0.3, -0.25) is 9.59 Å². The summed E-state index contributed by atoms with van der Waals surface area (Å²) in [5.74, 6) is -2.28. The van der Waals surface area contributed by atoms with E-state index in [4.69, 9.17) is 18.9 Å². The first-order chi connectivity index (χ1) is 29.6. The molecule has 0 aromatic heterocycles. The highest BCUT2D eigenvalue weighted by molar-refractivity contribution is 5.70. The van der Waals surface area contributed by atoms with Crippen LogP contribution in [0, 0.1) is 0 Å². The Hall–Kier alpha value is -1.71. The van der Waals surface area contributed by atoms with Crippen molar-refractivity contribution in [3.8, 4) is 0 Å². The van der Waals surface area contributed by atoms with Crippen molar-refractivity contribution in [1.82, 2.24) is 0 Å². The molecule has 0 spiro atoms. The summed E-state index contributed by atoms with van der Waals surface area (Å²) in [5.41, 5.74) is 0. The number of aliphatic carboxylic acids is 1. The van der Waals surface area contributed by atoms with Crippen molar-refractivity contribution in [1.29, 1.82) is 0 Å². The summed E-state index contributed by atoms with van der Waals surface area (Å²) in [6, 6.07) is 0. The number of hydrogen-bond acceptors (Lipinski definition) is 8. The fraction of sp³-hybridized carbons (Fsp3) is 0.942. The molecule has 2 atom stereocenters. The summed E-state index contributed by atoms with van der Waals surface area (Å²) in [6.45, 7) is 4.71. The lowest BCUT2D eigenvalue weighted by molar-refractivity contribution is -0.870. The largest absolute Gasteiger partial charge is 0.545 e. The molecule has 0 rings (SSSR count). The van der Waals surface area contributed by atoms with E-state index in [1.807, 2.05) is 21.1 Å². The van der Waals surface area contributed by atoms with Gasteiger partial charge in [-0.1, -0.05) is 232 Å². The first-order valence-corrected chi connectivity index (χ1v) is 26.2. The smallest absolute Gasteiger partial charge is 0.306 e. The van der Waals surface area contributed by atoms with Crippen molar-refractivity contribution in [3.63, 3.8) is 0 Å². The number of hydrogen-bond donors (Lipinski definition) is 0. The van der Waals surface area contributed by atoms with Crippen LogP contribution < -0.4 is 5.11 Å². The molecule has 0 bridgehead atoms. The molecule has 0 aromatic carbocycles. The maximum Gasteiger partial charge on any atom is 0.306 e. The Morgan fingerprint density at radius 3 is 1.05 bits per heavy atom. The maximum absolute atomic E-state index is 12.7. The van der Waals surface area contributed by atoms with Crippen LogP contribution in [-0.4, -0.2) is 82.3 Å². The predicted octanol–water partition coefficient (Wildman–Crippen LogP) is 13.1. The van der Waals surface area contributed by atoms with Crippen LogP contribution >= 0.6 is 0 Å². The molecular weight excluding hydrogens is 767 g/mol. The minimum Gasteiger partial charge on any atom is -0.545 e. The fourth-order valence-corrected chi connectivity index (χ4v) is 7.77. The lowest BCUT2D eigenvalue weighted by Crippen LogP contribution is -2.44. The number of esters is 2. The highest BCUT2D eigenvalue weighted by Crippen LogP contribution is 2.17. The quantitative estimate of drug-likeness (QED) is 0.0257. The zero-order chi connectivity index (χ0) is 44.9. The van der Waals surface area contributed by atoms with Crippen LogP contribution in [0.2, 0.25) is 0 Å². The average molecular weight is 868 g/mol. The first-order valence-electron chi connectivity index (χ1n) is 26.2. The number of unbranched alkanes of at least 4 members (excludes halogenated alkanes) is 34. The van der Waals surface area contributed by atoms with Crippen LogP contribution in [0.25, 0.3) is 0 Å². The molecular formula is C52H101NO8. The van der Waals surface area contributed by atoms with E-state index >= 15 is 0 Å². The summed E-state index contributed by atoms with van der Waals surface area (Å²) in [5, 5.41) is 11.7. The molecule has 362 valence electrons. The van der Waals surface area contributed by atoms with E-state index < -0.39 is 24.3 Å². The molecule has 0 amide bonds.